The summed E-state index contributed by atoms with van der Waals surface area (Å²) in [7, 11) is 0. The van der Waals surface area contributed by atoms with Gasteiger partial charge < -0.3 is 20.3 Å². The smallest absolute Gasteiger partial charge is 0.409 e. The lowest BCUT2D eigenvalue weighted by molar-refractivity contribution is -0.136. The third-order valence-corrected chi connectivity index (χ3v) is 4.25. The van der Waals surface area contributed by atoms with Gasteiger partial charge in [-0.15, -0.1) is 0 Å². The summed E-state index contributed by atoms with van der Waals surface area (Å²) in [5, 5.41) is 5.75. The van der Waals surface area contributed by atoms with Crippen LogP contribution in [-0.2, 0) is 14.3 Å². The van der Waals surface area contributed by atoms with Crippen molar-refractivity contribution in [2.24, 2.45) is 0 Å². The maximum absolute atomic E-state index is 12.1. The highest BCUT2D eigenvalue weighted by Crippen LogP contribution is 2.20. The van der Waals surface area contributed by atoms with Crippen molar-refractivity contribution < 1.29 is 19.1 Å². The fourth-order valence-corrected chi connectivity index (χ4v) is 2.75. The second kappa shape index (κ2) is 8.71. The van der Waals surface area contributed by atoms with Gasteiger partial charge >= 0.3 is 17.9 Å². The molecule has 1 aliphatic heterocycles. The van der Waals surface area contributed by atoms with Crippen LogP contribution in [-0.4, -0.2) is 48.5 Å². The summed E-state index contributed by atoms with van der Waals surface area (Å²) in [4.78, 5) is 37.4. The number of likely N-dealkylation sites (tertiary alicyclic amines) is 1. The minimum Gasteiger partial charge on any atom is -0.450 e. The molecule has 1 aromatic rings. The lowest BCUT2D eigenvalue weighted by atomic mass is 10.1. The molecule has 0 saturated carbocycles. The van der Waals surface area contributed by atoms with Crippen LogP contribution in [0, 0.1) is 6.92 Å². The van der Waals surface area contributed by atoms with E-state index in [2.05, 4.69) is 10.6 Å². The monoisotopic (exact) mass is 367 g/mol. The summed E-state index contributed by atoms with van der Waals surface area (Å²) in [5.74, 6) is -1.44. The quantitative estimate of drug-likeness (QED) is 0.802. The van der Waals surface area contributed by atoms with Gasteiger partial charge in [0.25, 0.3) is 0 Å². The van der Waals surface area contributed by atoms with Gasteiger partial charge in [-0.2, -0.15) is 0 Å². The predicted octanol–water partition coefficient (Wildman–Crippen LogP) is 2.32. The number of nitrogens with zero attached hydrogens (tertiary/aromatic N) is 1. The van der Waals surface area contributed by atoms with Gasteiger partial charge in [0, 0.05) is 29.8 Å². The van der Waals surface area contributed by atoms with E-state index in [1.165, 1.54) is 0 Å². The number of benzene rings is 1. The molecule has 2 N–H and O–H groups in total. The molecule has 1 heterocycles. The summed E-state index contributed by atoms with van der Waals surface area (Å²) < 4.78 is 4.95. The molecule has 1 aliphatic rings. The van der Waals surface area contributed by atoms with Crippen LogP contribution < -0.4 is 10.6 Å². The fourth-order valence-electron chi connectivity index (χ4n) is 2.58. The molecule has 1 fully saturated rings. The Morgan fingerprint density at radius 2 is 1.92 bits per heavy atom. The van der Waals surface area contributed by atoms with Crippen molar-refractivity contribution in [3.05, 3.63) is 28.8 Å². The molecule has 1 saturated heterocycles. The highest BCUT2D eigenvalue weighted by molar-refractivity contribution is 6.40. The number of anilines is 1. The van der Waals surface area contributed by atoms with Crippen molar-refractivity contribution >= 4 is 35.2 Å². The van der Waals surface area contributed by atoms with Crippen LogP contribution in [0.4, 0.5) is 10.5 Å². The molecule has 8 heteroatoms. The number of hydrogen-bond donors (Lipinski definition) is 2. The number of rotatable bonds is 3. The Hall–Kier alpha value is -2.28. The molecule has 25 heavy (non-hydrogen) atoms. The molecule has 0 bridgehead atoms. The second-order valence-electron chi connectivity index (χ2n) is 5.85. The highest BCUT2D eigenvalue weighted by atomic mass is 35.5. The molecule has 1 aromatic carbocycles. The van der Waals surface area contributed by atoms with E-state index in [0.717, 1.165) is 5.56 Å². The van der Waals surface area contributed by atoms with Crippen LogP contribution in [0.5, 0.6) is 0 Å². The van der Waals surface area contributed by atoms with E-state index in [1.54, 1.807) is 30.0 Å². The van der Waals surface area contributed by atoms with Crippen LogP contribution in [0.3, 0.4) is 0 Å². The molecule has 136 valence electrons. The lowest BCUT2D eigenvalue weighted by Gasteiger charge is -2.31. The second-order valence-corrected chi connectivity index (χ2v) is 6.28. The average Bonchev–Trinajstić information content (AvgIpc) is 2.59. The SMILES string of the molecule is CCOC(=O)N1CCC(NC(=O)C(=O)Nc2cc(Cl)ccc2C)CC1. The number of carbonyl (C=O) groups excluding carboxylic acids is 3. The van der Waals surface area contributed by atoms with Gasteiger partial charge in [0.15, 0.2) is 0 Å². The number of piperidine rings is 1. The third-order valence-electron chi connectivity index (χ3n) is 4.01. The fraction of sp³-hybridized carbons (Fsp3) is 0.471. The number of ether oxygens (including phenoxy) is 1. The van der Waals surface area contributed by atoms with Crippen molar-refractivity contribution in [3.63, 3.8) is 0 Å². The zero-order valence-corrected chi connectivity index (χ0v) is 15.1. The number of nitrogens with one attached hydrogen (secondary N) is 2. The first-order valence-corrected chi connectivity index (χ1v) is 8.58. The van der Waals surface area contributed by atoms with Crippen LogP contribution in [0.1, 0.15) is 25.3 Å². The molecule has 2 rings (SSSR count). The zero-order chi connectivity index (χ0) is 18.4. The van der Waals surface area contributed by atoms with Crippen molar-refractivity contribution in [2.45, 2.75) is 32.7 Å². The molecule has 3 amide bonds. The van der Waals surface area contributed by atoms with Crippen LogP contribution in [0.15, 0.2) is 18.2 Å². The first-order chi connectivity index (χ1) is 11.9. The molecule has 0 aromatic heterocycles. The van der Waals surface area contributed by atoms with Crippen LogP contribution >= 0.6 is 11.6 Å². The normalized spacial score (nSPS) is 14.8. The molecule has 0 unspecified atom stereocenters. The van der Waals surface area contributed by atoms with E-state index >= 15 is 0 Å². The van der Waals surface area contributed by atoms with Gasteiger partial charge in [0.05, 0.1) is 6.61 Å². The van der Waals surface area contributed by atoms with Gasteiger partial charge in [0.1, 0.15) is 0 Å². The van der Waals surface area contributed by atoms with Gasteiger partial charge in [-0.25, -0.2) is 4.79 Å². The Balaban J connectivity index is 1.83. The van der Waals surface area contributed by atoms with Crippen molar-refractivity contribution in [2.75, 3.05) is 25.0 Å². The number of hydrogen-bond acceptors (Lipinski definition) is 4. The van der Waals surface area contributed by atoms with E-state index in [1.807, 2.05) is 6.92 Å². The Kier molecular flexibility index (Phi) is 6.64. The molecular formula is C17H22ClN3O4. The topological polar surface area (TPSA) is 87.7 Å². The summed E-state index contributed by atoms with van der Waals surface area (Å²) in [5.41, 5.74) is 1.32. The van der Waals surface area contributed by atoms with Crippen molar-refractivity contribution in [1.82, 2.24) is 10.2 Å². The lowest BCUT2D eigenvalue weighted by Crippen LogP contribution is -2.49. The third kappa shape index (κ3) is 5.35. The highest BCUT2D eigenvalue weighted by Gasteiger charge is 2.26. The number of carbonyl (C=O) groups is 3. The average molecular weight is 368 g/mol. The molecule has 0 aliphatic carbocycles. The Labute approximate surface area is 151 Å². The van der Waals surface area contributed by atoms with Crippen LogP contribution in [0.2, 0.25) is 5.02 Å². The van der Waals surface area contributed by atoms with Gasteiger partial charge in [-0.1, -0.05) is 17.7 Å². The van der Waals surface area contributed by atoms with Crippen LogP contribution in [0.25, 0.3) is 0 Å². The maximum Gasteiger partial charge on any atom is 0.409 e. The summed E-state index contributed by atoms with van der Waals surface area (Å²) >= 11 is 5.90. The van der Waals surface area contributed by atoms with E-state index in [0.29, 0.717) is 43.2 Å². The van der Waals surface area contributed by atoms with Gasteiger partial charge in [-0.05, 0) is 44.4 Å². The number of halogens is 1. The van der Waals surface area contributed by atoms with E-state index < -0.39 is 11.8 Å². The summed E-state index contributed by atoms with van der Waals surface area (Å²) in [6.45, 7) is 4.87. The molecular weight excluding hydrogens is 346 g/mol. The van der Waals surface area contributed by atoms with Gasteiger partial charge in [0.2, 0.25) is 0 Å². The first-order valence-electron chi connectivity index (χ1n) is 8.20. The van der Waals surface area contributed by atoms with E-state index in [9.17, 15) is 14.4 Å². The Morgan fingerprint density at radius 3 is 2.56 bits per heavy atom. The zero-order valence-electron chi connectivity index (χ0n) is 14.3. The molecule has 0 atom stereocenters. The molecule has 0 spiro atoms. The van der Waals surface area contributed by atoms with E-state index in [4.69, 9.17) is 16.3 Å². The van der Waals surface area contributed by atoms with Gasteiger partial charge in [-0.3, -0.25) is 9.59 Å². The predicted molar refractivity (Wildman–Crippen MR) is 94.6 cm³/mol. The minimum absolute atomic E-state index is 0.149. The first kappa shape index (κ1) is 19.1. The van der Waals surface area contributed by atoms with E-state index in [-0.39, 0.29) is 12.1 Å². The van der Waals surface area contributed by atoms with Crippen molar-refractivity contribution in [3.8, 4) is 0 Å². The summed E-state index contributed by atoms with van der Waals surface area (Å²) in [6.07, 6.45) is 0.809. The van der Waals surface area contributed by atoms with Crippen molar-refractivity contribution in [1.29, 1.82) is 0 Å². The summed E-state index contributed by atoms with van der Waals surface area (Å²) in [6, 6.07) is 4.93. The number of aryl methyl sites for hydroxylation is 1. The Bertz CT molecular complexity index is 657. The maximum atomic E-state index is 12.1. The largest absolute Gasteiger partial charge is 0.450 e. The Morgan fingerprint density at radius 1 is 1.24 bits per heavy atom. The standard InChI is InChI=1S/C17H22ClN3O4/c1-3-25-17(24)21-8-6-13(7-9-21)19-15(22)16(23)20-14-10-12(18)5-4-11(14)2/h4-5,10,13H,3,6-9H2,1-2H3,(H,19,22)(H,20,23). The minimum atomic E-state index is -0.738. The number of amides is 3. The molecule has 7 nitrogen and oxygen atoms in total. The molecule has 0 radical (unpaired) electrons.